The smallest absolute Gasteiger partial charge is 0.307 e. The van der Waals surface area contributed by atoms with Gasteiger partial charge in [-0.25, -0.2) is 0 Å². The summed E-state index contributed by atoms with van der Waals surface area (Å²) in [7, 11) is 0. The van der Waals surface area contributed by atoms with Gasteiger partial charge in [-0.05, 0) is 73.6 Å². The van der Waals surface area contributed by atoms with Crippen molar-refractivity contribution in [1.29, 1.82) is 0 Å². The van der Waals surface area contributed by atoms with Gasteiger partial charge in [-0.15, -0.1) is 0 Å². The molecule has 0 amide bonds. The molecule has 0 saturated heterocycles. The Morgan fingerprint density at radius 2 is 2.03 bits per heavy atom. The highest BCUT2D eigenvalue weighted by Crippen LogP contribution is 2.41. The van der Waals surface area contributed by atoms with Crippen molar-refractivity contribution in [2.45, 2.75) is 45.4 Å². The molecule has 2 aromatic carbocycles. The maximum atomic E-state index is 11.5. The molecule has 158 valence electrons. The predicted octanol–water partition coefficient (Wildman–Crippen LogP) is 5.46. The number of H-pyrrole nitrogens is 1. The van der Waals surface area contributed by atoms with E-state index in [0.717, 1.165) is 41.8 Å². The molecule has 0 aliphatic heterocycles. The Balaban J connectivity index is 1.29. The normalized spacial score (nSPS) is 16.4. The van der Waals surface area contributed by atoms with Crippen molar-refractivity contribution in [1.82, 2.24) is 4.98 Å². The summed E-state index contributed by atoms with van der Waals surface area (Å²) in [6.07, 6.45) is 5.22. The molecule has 3 aromatic rings. The molecule has 0 bridgehead atoms. The second kappa shape index (κ2) is 8.82. The quantitative estimate of drug-likeness (QED) is 0.462. The van der Waals surface area contributed by atoms with Crippen LogP contribution in [-0.4, -0.2) is 29.3 Å². The van der Waals surface area contributed by atoms with Gasteiger partial charge in [-0.1, -0.05) is 13.0 Å². The van der Waals surface area contributed by atoms with Crippen molar-refractivity contribution < 1.29 is 19.4 Å². The zero-order chi connectivity index (χ0) is 21.1. The maximum Gasteiger partial charge on any atom is 0.307 e. The van der Waals surface area contributed by atoms with E-state index in [2.05, 4.69) is 30.1 Å². The van der Waals surface area contributed by atoms with Gasteiger partial charge < -0.3 is 19.6 Å². The number of fused-ring (bicyclic) bond motifs is 2. The molecular formula is C25H29NO4. The molecule has 1 heterocycles. The average Bonchev–Trinajstić information content (AvgIpc) is 3.37. The van der Waals surface area contributed by atoms with Crippen LogP contribution >= 0.6 is 0 Å². The molecule has 0 fully saturated rings. The molecule has 2 atom stereocenters. The van der Waals surface area contributed by atoms with Gasteiger partial charge in [0.05, 0.1) is 19.1 Å². The van der Waals surface area contributed by atoms with E-state index in [4.69, 9.17) is 9.47 Å². The first-order chi connectivity index (χ1) is 14.6. The lowest BCUT2D eigenvalue weighted by Crippen LogP contribution is -2.19. The Labute approximate surface area is 177 Å². The Morgan fingerprint density at radius 1 is 1.20 bits per heavy atom. The van der Waals surface area contributed by atoms with E-state index in [1.807, 2.05) is 31.3 Å². The fourth-order valence-electron chi connectivity index (χ4n) is 4.62. The Hall–Kier alpha value is -2.95. The molecule has 2 N–H and O–H groups in total. The lowest BCUT2D eigenvalue weighted by molar-refractivity contribution is -0.142. The van der Waals surface area contributed by atoms with E-state index in [-0.39, 0.29) is 11.8 Å². The monoisotopic (exact) mass is 407 g/mol. The van der Waals surface area contributed by atoms with Crippen molar-refractivity contribution in [3.63, 3.8) is 0 Å². The molecular weight excluding hydrogens is 378 g/mol. The number of aromatic nitrogens is 1. The van der Waals surface area contributed by atoms with Crippen molar-refractivity contribution in [3.05, 3.63) is 59.3 Å². The third-order valence-corrected chi connectivity index (χ3v) is 6.25. The average molecular weight is 408 g/mol. The number of hydrogen-bond donors (Lipinski definition) is 2. The van der Waals surface area contributed by atoms with Gasteiger partial charge in [-0.2, -0.15) is 0 Å². The van der Waals surface area contributed by atoms with Crippen molar-refractivity contribution in [2.24, 2.45) is 5.92 Å². The standard InChI is InChI=1S/C25H29NO4/c1-3-19(25(27)28)22-7-5-17-15-18(6-8-21(17)22)29-13-4-14-30-24-10-9-23-20(16(24)2)11-12-26-23/h6,8-12,15,19,22,26H,3-5,7,13-14H2,1-2H3,(H,27,28)/t19?,22-/m0/s1. The van der Waals surface area contributed by atoms with E-state index in [1.54, 1.807) is 0 Å². The fraction of sp³-hybridized carbons (Fsp3) is 0.400. The van der Waals surface area contributed by atoms with Crippen LogP contribution in [0, 0.1) is 12.8 Å². The van der Waals surface area contributed by atoms with E-state index < -0.39 is 5.97 Å². The Kier molecular flexibility index (Phi) is 5.98. The van der Waals surface area contributed by atoms with Crippen LogP contribution in [0.1, 0.15) is 48.8 Å². The van der Waals surface area contributed by atoms with E-state index >= 15 is 0 Å². The van der Waals surface area contributed by atoms with Crippen LogP contribution in [0.2, 0.25) is 0 Å². The molecule has 4 rings (SSSR count). The molecule has 1 unspecified atom stereocenters. The van der Waals surface area contributed by atoms with E-state index in [1.165, 1.54) is 16.5 Å². The summed E-state index contributed by atoms with van der Waals surface area (Å²) in [5, 5.41) is 10.7. The molecule has 0 saturated carbocycles. The van der Waals surface area contributed by atoms with Gasteiger partial charge >= 0.3 is 5.97 Å². The fourth-order valence-corrected chi connectivity index (χ4v) is 4.62. The predicted molar refractivity (Wildman–Crippen MR) is 118 cm³/mol. The second-order valence-electron chi connectivity index (χ2n) is 8.04. The minimum atomic E-state index is -0.693. The number of aromatic amines is 1. The molecule has 0 spiro atoms. The summed E-state index contributed by atoms with van der Waals surface area (Å²) in [4.78, 5) is 14.7. The highest BCUT2D eigenvalue weighted by Gasteiger charge is 2.33. The summed E-state index contributed by atoms with van der Waals surface area (Å²) in [5.41, 5.74) is 4.67. The number of carboxylic acids is 1. The van der Waals surface area contributed by atoms with E-state index in [0.29, 0.717) is 19.6 Å². The molecule has 1 aliphatic rings. The van der Waals surface area contributed by atoms with Gasteiger partial charge in [0.15, 0.2) is 0 Å². The zero-order valence-electron chi connectivity index (χ0n) is 17.6. The lowest BCUT2D eigenvalue weighted by atomic mass is 9.85. The van der Waals surface area contributed by atoms with Crippen LogP contribution in [0.3, 0.4) is 0 Å². The zero-order valence-corrected chi connectivity index (χ0v) is 17.6. The van der Waals surface area contributed by atoms with Crippen molar-refractivity contribution in [3.8, 4) is 11.5 Å². The number of nitrogens with one attached hydrogen (secondary N) is 1. The SMILES string of the molecule is CCC(C(=O)O)[C@@H]1CCc2cc(OCCCOc3ccc4[nH]ccc4c3C)ccc21. The molecule has 1 aromatic heterocycles. The molecule has 1 aliphatic carbocycles. The number of ether oxygens (including phenoxy) is 2. The van der Waals surface area contributed by atoms with Crippen LogP contribution in [0.15, 0.2) is 42.6 Å². The topological polar surface area (TPSA) is 71.6 Å². The minimum absolute atomic E-state index is 0.116. The highest BCUT2D eigenvalue weighted by atomic mass is 16.5. The second-order valence-corrected chi connectivity index (χ2v) is 8.04. The summed E-state index contributed by atoms with van der Waals surface area (Å²) in [6.45, 7) is 5.21. The summed E-state index contributed by atoms with van der Waals surface area (Å²) in [5.74, 6) is 0.883. The first-order valence-corrected chi connectivity index (χ1v) is 10.8. The van der Waals surface area contributed by atoms with Crippen molar-refractivity contribution >= 4 is 16.9 Å². The number of carboxylic acid groups (broad SMARTS) is 1. The molecule has 0 radical (unpaired) electrons. The minimum Gasteiger partial charge on any atom is -0.493 e. The van der Waals surface area contributed by atoms with Crippen molar-refractivity contribution in [2.75, 3.05) is 13.2 Å². The first kappa shape index (κ1) is 20.3. The first-order valence-electron chi connectivity index (χ1n) is 10.8. The van der Waals surface area contributed by atoms with Crippen LogP contribution in [0.25, 0.3) is 10.9 Å². The van der Waals surface area contributed by atoms with Crippen LogP contribution < -0.4 is 9.47 Å². The third-order valence-electron chi connectivity index (χ3n) is 6.25. The molecule has 30 heavy (non-hydrogen) atoms. The number of hydrogen-bond acceptors (Lipinski definition) is 3. The van der Waals surface area contributed by atoms with Crippen LogP contribution in [-0.2, 0) is 11.2 Å². The Bertz CT molecular complexity index is 1040. The van der Waals surface area contributed by atoms with Gasteiger partial charge in [-0.3, -0.25) is 4.79 Å². The van der Waals surface area contributed by atoms with Crippen LogP contribution in [0.5, 0.6) is 11.5 Å². The lowest BCUT2D eigenvalue weighted by Gasteiger charge is -2.19. The van der Waals surface area contributed by atoms with Gasteiger partial charge in [0.25, 0.3) is 0 Å². The van der Waals surface area contributed by atoms with Crippen LogP contribution in [0.4, 0.5) is 0 Å². The van der Waals surface area contributed by atoms with Gasteiger partial charge in [0, 0.05) is 29.1 Å². The summed E-state index contributed by atoms with van der Waals surface area (Å²) >= 11 is 0. The molecule has 5 nitrogen and oxygen atoms in total. The number of carbonyl (C=O) groups is 1. The molecule has 5 heteroatoms. The Morgan fingerprint density at radius 3 is 2.83 bits per heavy atom. The highest BCUT2D eigenvalue weighted by molar-refractivity contribution is 5.84. The van der Waals surface area contributed by atoms with Gasteiger partial charge in [0.1, 0.15) is 11.5 Å². The number of benzene rings is 2. The summed E-state index contributed by atoms with van der Waals surface area (Å²) in [6, 6.07) is 12.2. The third kappa shape index (κ3) is 4.02. The largest absolute Gasteiger partial charge is 0.493 e. The van der Waals surface area contributed by atoms with Gasteiger partial charge in [0.2, 0.25) is 0 Å². The summed E-state index contributed by atoms with van der Waals surface area (Å²) < 4.78 is 11.9. The number of aryl methyl sites for hydroxylation is 2. The maximum absolute atomic E-state index is 11.5. The number of aliphatic carboxylic acids is 1. The number of rotatable bonds is 9. The van der Waals surface area contributed by atoms with E-state index in [9.17, 15) is 9.90 Å².